The summed E-state index contributed by atoms with van der Waals surface area (Å²) in [4.78, 5) is 17.6. The lowest BCUT2D eigenvalue weighted by molar-refractivity contribution is -0.125. The molecule has 1 amide bonds. The third-order valence-electron chi connectivity index (χ3n) is 8.32. The third kappa shape index (κ3) is 4.95. The lowest BCUT2D eigenvalue weighted by atomic mass is 9.95. The summed E-state index contributed by atoms with van der Waals surface area (Å²) >= 11 is 0. The standard InChI is InChI=1S/C31H37N7O/c1-21-9-11-26(12-10-21)38-23(3)28-22(2)33-34-30(29(28)35-38)37-19-14-25(15-20-37)31(39)32-16-6-17-36-18-13-24-7-4-5-8-27(24)36/h4-5,7-12,25H,6,13-20H2,1-3H3,(H,32,39). The van der Waals surface area contributed by atoms with Crippen molar-refractivity contribution >= 4 is 28.3 Å². The van der Waals surface area contributed by atoms with Crippen molar-refractivity contribution in [2.45, 2.75) is 46.5 Å². The molecule has 0 atom stereocenters. The molecule has 0 aliphatic carbocycles. The number of benzene rings is 2. The van der Waals surface area contributed by atoms with Gasteiger partial charge in [-0.25, -0.2) is 4.68 Å². The van der Waals surface area contributed by atoms with Gasteiger partial charge in [0, 0.05) is 44.3 Å². The smallest absolute Gasteiger partial charge is 0.223 e. The Morgan fingerprint density at radius 3 is 2.54 bits per heavy atom. The third-order valence-corrected chi connectivity index (χ3v) is 8.32. The first-order valence-electron chi connectivity index (χ1n) is 14.1. The van der Waals surface area contributed by atoms with Crippen LogP contribution in [0.2, 0.25) is 0 Å². The zero-order valence-corrected chi connectivity index (χ0v) is 23.2. The van der Waals surface area contributed by atoms with Gasteiger partial charge in [0.05, 0.1) is 22.5 Å². The van der Waals surface area contributed by atoms with Crippen molar-refractivity contribution in [1.29, 1.82) is 0 Å². The van der Waals surface area contributed by atoms with E-state index in [2.05, 4.69) is 87.7 Å². The first kappa shape index (κ1) is 25.3. The number of hydrogen-bond acceptors (Lipinski definition) is 6. The van der Waals surface area contributed by atoms with E-state index >= 15 is 0 Å². The predicted octanol–water partition coefficient (Wildman–Crippen LogP) is 4.53. The van der Waals surface area contributed by atoms with Gasteiger partial charge in [-0.2, -0.15) is 10.2 Å². The van der Waals surface area contributed by atoms with E-state index in [1.165, 1.54) is 16.8 Å². The number of nitrogens with zero attached hydrogens (tertiary/aromatic N) is 6. The number of fused-ring (bicyclic) bond motifs is 2. The van der Waals surface area contributed by atoms with E-state index in [1.807, 2.05) is 11.6 Å². The molecule has 6 rings (SSSR count). The Morgan fingerprint density at radius 2 is 1.74 bits per heavy atom. The summed E-state index contributed by atoms with van der Waals surface area (Å²) in [7, 11) is 0. The lowest BCUT2D eigenvalue weighted by Crippen LogP contribution is -2.41. The average Bonchev–Trinajstić information content (AvgIpc) is 3.53. The summed E-state index contributed by atoms with van der Waals surface area (Å²) in [5.74, 6) is 1.03. The predicted molar refractivity (Wildman–Crippen MR) is 156 cm³/mol. The molecule has 2 aliphatic heterocycles. The molecule has 0 radical (unpaired) electrons. The number of aryl methyl sites for hydroxylation is 3. The first-order valence-corrected chi connectivity index (χ1v) is 14.1. The zero-order valence-electron chi connectivity index (χ0n) is 23.2. The van der Waals surface area contributed by atoms with E-state index in [9.17, 15) is 4.79 Å². The summed E-state index contributed by atoms with van der Waals surface area (Å²) < 4.78 is 1.99. The van der Waals surface area contributed by atoms with Gasteiger partial charge in [-0.15, -0.1) is 5.10 Å². The van der Waals surface area contributed by atoms with Gasteiger partial charge in [0.15, 0.2) is 5.82 Å². The van der Waals surface area contributed by atoms with E-state index in [0.29, 0.717) is 0 Å². The number of piperidine rings is 1. The van der Waals surface area contributed by atoms with Crippen molar-refractivity contribution in [3.05, 3.63) is 71.0 Å². The van der Waals surface area contributed by atoms with Crippen LogP contribution >= 0.6 is 0 Å². The molecule has 0 spiro atoms. The molecule has 4 heterocycles. The Morgan fingerprint density at radius 1 is 0.974 bits per heavy atom. The topological polar surface area (TPSA) is 79.2 Å². The van der Waals surface area contributed by atoms with E-state index in [1.54, 1.807) is 0 Å². The summed E-state index contributed by atoms with van der Waals surface area (Å²) in [6.45, 7) is 10.5. The van der Waals surface area contributed by atoms with Crippen LogP contribution in [0.4, 0.5) is 11.5 Å². The van der Waals surface area contributed by atoms with Gasteiger partial charge >= 0.3 is 0 Å². The molecule has 0 bridgehead atoms. The Balaban J connectivity index is 1.06. The Bertz CT molecular complexity index is 1490. The van der Waals surface area contributed by atoms with Crippen LogP contribution in [-0.2, 0) is 11.2 Å². The van der Waals surface area contributed by atoms with Crippen molar-refractivity contribution in [2.75, 3.05) is 42.5 Å². The minimum atomic E-state index is 0.0366. The molecule has 1 saturated heterocycles. The number of carbonyl (C=O) groups excluding carboxylic acids is 1. The maximum absolute atomic E-state index is 12.9. The van der Waals surface area contributed by atoms with E-state index in [-0.39, 0.29) is 11.8 Å². The van der Waals surface area contributed by atoms with Crippen molar-refractivity contribution in [2.24, 2.45) is 5.92 Å². The molecule has 0 unspecified atom stereocenters. The molecule has 2 aromatic heterocycles. The van der Waals surface area contributed by atoms with E-state index in [0.717, 1.165) is 92.2 Å². The van der Waals surface area contributed by atoms with Crippen molar-refractivity contribution in [1.82, 2.24) is 25.3 Å². The van der Waals surface area contributed by atoms with Gasteiger partial charge in [0.2, 0.25) is 5.91 Å². The normalized spacial score (nSPS) is 15.7. The highest BCUT2D eigenvalue weighted by molar-refractivity contribution is 5.92. The maximum atomic E-state index is 12.9. The number of nitrogens with one attached hydrogen (secondary N) is 1. The van der Waals surface area contributed by atoms with Crippen LogP contribution in [0.5, 0.6) is 0 Å². The molecule has 0 saturated carbocycles. The second-order valence-electron chi connectivity index (χ2n) is 10.9. The molecule has 4 aromatic rings. The fraction of sp³-hybridized carbons (Fsp3) is 0.419. The number of aromatic nitrogens is 4. The molecular formula is C31H37N7O. The maximum Gasteiger partial charge on any atom is 0.223 e. The van der Waals surface area contributed by atoms with Crippen LogP contribution in [0, 0.1) is 26.7 Å². The van der Waals surface area contributed by atoms with E-state index in [4.69, 9.17) is 5.10 Å². The number of hydrogen-bond donors (Lipinski definition) is 1. The SMILES string of the molecule is Cc1ccc(-n2nc3c(N4CCC(C(=O)NCCCN5CCc6ccccc65)CC4)nnc(C)c3c2C)cc1. The van der Waals surface area contributed by atoms with Gasteiger partial charge in [-0.3, -0.25) is 4.79 Å². The molecule has 39 heavy (non-hydrogen) atoms. The van der Waals surface area contributed by atoms with E-state index < -0.39 is 0 Å². The van der Waals surface area contributed by atoms with Crippen LogP contribution in [-0.4, -0.2) is 58.6 Å². The van der Waals surface area contributed by atoms with Gasteiger partial charge in [-0.05, 0) is 70.2 Å². The number of amides is 1. The highest BCUT2D eigenvalue weighted by atomic mass is 16.1. The Labute approximate surface area is 230 Å². The van der Waals surface area contributed by atoms with Gasteiger partial charge in [0.1, 0.15) is 5.52 Å². The first-order chi connectivity index (χ1) is 19.0. The largest absolute Gasteiger partial charge is 0.371 e. The minimum absolute atomic E-state index is 0.0366. The number of para-hydroxylation sites is 1. The van der Waals surface area contributed by atoms with Crippen LogP contribution in [0.3, 0.4) is 0 Å². The lowest BCUT2D eigenvalue weighted by Gasteiger charge is -2.32. The second-order valence-corrected chi connectivity index (χ2v) is 10.9. The summed E-state index contributed by atoms with van der Waals surface area (Å²) in [6, 6.07) is 17.0. The quantitative estimate of drug-likeness (QED) is 0.359. The molecule has 2 aliphatic rings. The number of carbonyl (C=O) groups is 1. The van der Waals surface area contributed by atoms with Crippen LogP contribution in [0.25, 0.3) is 16.6 Å². The molecule has 8 heteroatoms. The molecule has 202 valence electrons. The van der Waals surface area contributed by atoms with Gasteiger partial charge < -0.3 is 15.1 Å². The van der Waals surface area contributed by atoms with Gasteiger partial charge in [-0.1, -0.05) is 35.9 Å². The highest BCUT2D eigenvalue weighted by Crippen LogP contribution is 2.32. The molecule has 1 fully saturated rings. The average molecular weight is 524 g/mol. The molecule has 1 N–H and O–H groups in total. The van der Waals surface area contributed by atoms with Crippen LogP contribution in [0.15, 0.2) is 48.5 Å². The monoisotopic (exact) mass is 523 g/mol. The fourth-order valence-electron chi connectivity index (χ4n) is 6.08. The van der Waals surface area contributed by atoms with Crippen LogP contribution < -0.4 is 15.1 Å². The van der Waals surface area contributed by atoms with Crippen LogP contribution in [0.1, 0.15) is 41.8 Å². The van der Waals surface area contributed by atoms with Gasteiger partial charge in [0.25, 0.3) is 0 Å². The van der Waals surface area contributed by atoms with Crippen molar-refractivity contribution in [3.63, 3.8) is 0 Å². The van der Waals surface area contributed by atoms with Crippen molar-refractivity contribution in [3.8, 4) is 5.69 Å². The fourth-order valence-corrected chi connectivity index (χ4v) is 6.08. The number of rotatable bonds is 7. The minimum Gasteiger partial charge on any atom is -0.371 e. The van der Waals surface area contributed by atoms with Crippen molar-refractivity contribution < 1.29 is 4.79 Å². The highest BCUT2D eigenvalue weighted by Gasteiger charge is 2.28. The summed E-state index contributed by atoms with van der Waals surface area (Å²) in [6.07, 6.45) is 3.68. The zero-order chi connectivity index (χ0) is 26.9. The Kier molecular flexibility index (Phi) is 6.94. The molecule has 8 nitrogen and oxygen atoms in total. The Hall–Kier alpha value is -3.94. The summed E-state index contributed by atoms with van der Waals surface area (Å²) in [5.41, 5.74) is 7.86. The summed E-state index contributed by atoms with van der Waals surface area (Å²) in [5, 5.41) is 18.3. The number of anilines is 2. The molecule has 2 aromatic carbocycles. The molecular weight excluding hydrogens is 486 g/mol. The second kappa shape index (κ2) is 10.7.